The molecule has 1 fully saturated rings. The molecule has 0 spiro atoms. The van der Waals surface area contributed by atoms with Crippen molar-refractivity contribution in [3.63, 3.8) is 0 Å². The first kappa shape index (κ1) is 19.5. The lowest BCUT2D eigenvalue weighted by molar-refractivity contribution is 0.327. The topological polar surface area (TPSA) is 36.1 Å². The molecule has 3 nitrogen and oxygen atoms in total. The van der Waals surface area contributed by atoms with Gasteiger partial charge < -0.3 is 9.88 Å². The fourth-order valence-corrected chi connectivity index (χ4v) is 5.24. The van der Waals surface area contributed by atoms with E-state index in [2.05, 4.69) is 9.88 Å². The number of fused-ring (bicyclic) bond motifs is 1. The van der Waals surface area contributed by atoms with E-state index in [1.54, 1.807) is 12.1 Å². The summed E-state index contributed by atoms with van der Waals surface area (Å²) in [7, 11) is 11.8. The van der Waals surface area contributed by atoms with Gasteiger partial charge in [-0.1, -0.05) is 23.4 Å². The third-order valence-electron chi connectivity index (χ3n) is 5.31. The molecule has 140 valence electrons. The Kier molecular flexibility index (Phi) is 5.48. The van der Waals surface area contributed by atoms with Gasteiger partial charge in [0.05, 0.1) is 32.2 Å². The van der Waals surface area contributed by atoms with Gasteiger partial charge in [0.15, 0.2) is 0 Å². The van der Waals surface area contributed by atoms with E-state index in [0.29, 0.717) is 17.2 Å². The minimum atomic E-state index is -1.31. The Balaban J connectivity index is 1.68. The number of aromatic nitrogens is 1. The molecule has 0 bridgehead atoms. The predicted octanol–water partition coefficient (Wildman–Crippen LogP) is 3.20. The van der Waals surface area contributed by atoms with Crippen LogP contribution in [0.1, 0.15) is 24.0 Å². The van der Waals surface area contributed by atoms with E-state index in [9.17, 15) is 8.60 Å². The number of H-pyrrole nitrogens is 1. The van der Waals surface area contributed by atoms with Crippen LogP contribution in [-0.4, -0.2) is 49.4 Å². The first-order valence-electron chi connectivity index (χ1n) is 9.47. The highest BCUT2D eigenvalue weighted by molar-refractivity contribution is 7.84. The van der Waals surface area contributed by atoms with Gasteiger partial charge in [-0.15, -0.1) is 0 Å². The number of rotatable bonds is 6. The zero-order valence-electron chi connectivity index (χ0n) is 15.7. The summed E-state index contributed by atoms with van der Waals surface area (Å²) in [6.45, 7) is 2.56. The van der Waals surface area contributed by atoms with Crippen LogP contribution in [-0.2, 0) is 21.8 Å². The van der Waals surface area contributed by atoms with Crippen molar-refractivity contribution in [2.75, 3.05) is 19.6 Å². The molecule has 28 heavy (non-hydrogen) atoms. The summed E-state index contributed by atoms with van der Waals surface area (Å²) in [6, 6.07) is 11.7. The monoisotopic (exact) mass is 390 g/mol. The highest BCUT2D eigenvalue weighted by atomic mass is 32.2. The lowest BCUT2D eigenvalue weighted by atomic mass is 9.50. The van der Waals surface area contributed by atoms with Crippen molar-refractivity contribution in [2.45, 2.75) is 28.7 Å². The molecule has 2 heterocycles. The van der Waals surface area contributed by atoms with Crippen LogP contribution in [0.15, 0.2) is 53.6 Å². The van der Waals surface area contributed by atoms with Gasteiger partial charge in [0.2, 0.25) is 0 Å². The predicted molar refractivity (Wildman–Crippen MR) is 114 cm³/mol. The second kappa shape index (κ2) is 7.88. The molecular formula is C21H21B2FN2OS. The molecule has 0 saturated carbocycles. The quantitative estimate of drug-likeness (QED) is 0.657. The van der Waals surface area contributed by atoms with Crippen molar-refractivity contribution in [3.8, 4) is 0 Å². The molecule has 1 aliphatic rings. The normalized spacial score (nSPS) is 16.6. The average molecular weight is 390 g/mol. The summed E-state index contributed by atoms with van der Waals surface area (Å²) in [5.41, 5.74) is 2.46. The van der Waals surface area contributed by atoms with Gasteiger partial charge >= 0.3 is 0 Å². The molecule has 1 unspecified atom stereocenters. The number of likely N-dealkylation sites (tertiary alicyclic amines) is 1. The molecule has 2 aromatic carbocycles. The van der Waals surface area contributed by atoms with Crippen LogP contribution in [0.25, 0.3) is 10.9 Å². The van der Waals surface area contributed by atoms with E-state index in [-0.39, 0.29) is 5.82 Å². The van der Waals surface area contributed by atoms with Crippen LogP contribution >= 0.6 is 0 Å². The molecule has 1 saturated heterocycles. The Morgan fingerprint density at radius 2 is 1.82 bits per heavy atom. The maximum atomic E-state index is 13.2. The maximum Gasteiger partial charge on any atom is 0.123 e. The van der Waals surface area contributed by atoms with Crippen LogP contribution in [0.4, 0.5) is 4.39 Å². The second-order valence-electron chi connectivity index (χ2n) is 7.52. The maximum absolute atomic E-state index is 13.2. The second-order valence-corrected chi connectivity index (χ2v) is 8.94. The molecular weight excluding hydrogens is 369 g/mol. The number of nitrogens with one attached hydrogen (secondary N) is 1. The van der Waals surface area contributed by atoms with E-state index in [0.717, 1.165) is 48.0 Å². The van der Waals surface area contributed by atoms with Crippen LogP contribution in [0, 0.1) is 5.82 Å². The number of benzene rings is 2. The Morgan fingerprint density at radius 1 is 1.11 bits per heavy atom. The van der Waals surface area contributed by atoms with Gasteiger partial charge in [-0.2, -0.15) is 0 Å². The Hall–Kier alpha value is -1.85. The molecule has 0 amide bonds. The fraction of sp³-hybridized carbons (Fsp3) is 0.333. The van der Waals surface area contributed by atoms with Crippen LogP contribution in [0.5, 0.6) is 0 Å². The highest BCUT2D eigenvalue weighted by Crippen LogP contribution is 2.33. The van der Waals surface area contributed by atoms with Gasteiger partial charge in [0.25, 0.3) is 0 Å². The number of hydrogen-bond donors (Lipinski definition) is 1. The van der Waals surface area contributed by atoms with E-state index in [1.165, 1.54) is 12.1 Å². The standard InChI is InChI=1S/C21H21B2FN2OS/c22-21(23,14-26-10-1-2-11-26)17-12-25-18-4-3-5-19(20(17)18)28(27)13-15-6-8-16(24)9-7-15/h3-9,12,25H,1-2,10-11,13-14H2. The Labute approximate surface area is 170 Å². The van der Waals surface area contributed by atoms with E-state index in [1.807, 2.05) is 24.4 Å². The zero-order valence-corrected chi connectivity index (χ0v) is 16.5. The molecule has 7 heteroatoms. The van der Waals surface area contributed by atoms with Crippen LogP contribution in [0.2, 0.25) is 0 Å². The summed E-state index contributed by atoms with van der Waals surface area (Å²) < 4.78 is 26.3. The average Bonchev–Trinajstić information content (AvgIpc) is 3.32. The lowest BCUT2D eigenvalue weighted by Gasteiger charge is -2.31. The first-order valence-corrected chi connectivity index (χ1v) is 10.8. The zero-order chi connectivity index (χ0) is 19.7. The third-order valence-corrected chi connectivity index (χ3v) is 6.74. The first-order chi connectivity index (χ1) is 13.4. The van der Waals surface area contributed by atoms with E-state index >= 15 is 0 Å². The Morgan fingerprint density at radius 3 is 2.54 bits per heavy atom. The van der Waals surface area contributed by atoms with Gasteiger partial charge in [0, 0.05) is 22.0 Å². The molecule has 3 aromatic rings. The summed E-state index contributed by atoms with van der Waals surface area (Å²) in [6.07, 6.45) is 4.16. The van der Waals surface area contributed by atoms with Crippen molar-refractivity contribution in [1.82, 2.24) is 9.88 Å². The summed E-state index contributed by atoms with van der Waals surface area (Å²) in [4.78, 5) is 6.19. The minimum absolute atomic E-state index is 0.303. The third kappa shape index (κ3) is 3.96. The van der Waals surface area contributed by atoms with Crippen molar-refractivity contribution in [1.29, 1.82) is 0 Å². The highest BCUT2D eigenvalue weighted by Gasteiger charge is 2.28. The van der Waals surface area contributed by atoms with Crippen LogP contribution < -0.4 is 0 Å². The molecule has 1 N–H and O–H groups in total. The SMILES string of the molecule is [B]C([B])(CN1CCCC1)c1c[nH]c2cccc(S(=O)Cc3ccc(F)cc3)c12. The summed E-state index contributed by atoms with van der Waals surface area (Å²) >= 11 is 0. The largest absolute Gasteiger partial charge is 0.361 e. The van der Waals surface area contributed by atoms with Gasteiger partial charge in [-0.05, 0) is 67.9 Å². The molecule has 1 aromatic heterocycles. The number of hydrogen-bond acceptors (Lipinski definition) is 2. The summed E-state index contributed by atoms with van der Waals surface area (Å²) in [5, 5.41) is -0.217. The lowest BCUT2D eigenvalue weighted by Crippen LogP contribution is -2.40. The number of nitrogens with zero attached hydrogens (tertiary/aromatic N) is 1. The molecule has 4 radical (unpaired) electrons. The summed E-state index contributed by atoms with van der Waals surface area (Å²) in [5.74, 6) is 0.000623. The van der Waals surface area contributed by atoms with Crippen molar-refractivity contribution < 1.29 is 8.60 Å². The van der Waals surface area contributed by atoms with Gasteiger partial charge in [0.1, 0.15) is 5.82 Å². The van der Waals surface area contributed by atoms with Crippen LogP contribution in [0.3, 0.4) is 0 Å². The number of aromatic amines is 1. The number of halogens is 1. The van der Waals surface area contributed by atoms with Crippen molar-refractivity contribution >= 4 is 37.4 Å². The molecule has 1 atom stereocenters. The molecule has 1 aliphatic heterocycles. The minimum Gasteiger partial charge on any atom is -0.361 e. The van der Waals surface area contributed by atoms with E-state index in [4.69, 9.17) is 15.7 Å². The smallest absolute Gasteiger partial charge is 0.123 e. The van der Waals surface area contributed by atoms with Crippen molar-refractivity contribution in [2.24, 2.45) is 0 Å². The molecule has 0 aliphatic carbocycles. The Bertz CT molecular complexity index is 997. The fourth-order valence-electron chi connectivity index (χ4n) is 3.91. The van der Waals surface area contributed by atoms with E-state index < -0.39 is 16.0 Å². The van der Waals surface area contributed by atoms with Crippen molar-refractivity contribution in [3.05, 3.63) is 65.6 Å². The molecule has 4 rings (SSSR count). The van der Waals surface area contributed by atoms with Gasteiger partial charge in [-0.3, -0.25) is 4.21 Å². The van der Waals surface area contributed by atoms with Gasteiger partial charge in [-0.25, -0.2) is 4.39 Å².